The highest BCUT2D eigenvalue weighted by Gasteiger charge is 2.33. The van der Waals surface area contributed by atoms with Gasteiger partial charge >= 0.3 is 0 Å². The van der Waals surface area contributed by atoms with Crippen LogP contribution in [0, 0.1) is 0 Å². The van der Waals surface area contributed by atoms with Crippen LogP contribution in [-0.4, -0.2) is 33.0 Å². The molecule has 1 aromatic carbocycles. The average molecular weight is 206 g/mol. The van der Waals surface area contributed by atoms with Crippen molar-refractivity contribution in [2.45, 2.75) is 6.04 Å². The van der Waals surface area contributed by atoms with Crippen LogP contribution in [0.2, 0.25) is 0 Å². The lowest BCUT2D eigenvalue weighted by molar-refractivity contribution is 0.174. The first kappa shape index (κ1) is 8.85. The van der Waals surface area contributed by atoms with E-state index < -0.39 is 0 Å². The number of hydrogen-bond donors (Lipinski definition) is 1. The zero-order valence-corrected chi connectivity index (χ0v) is 8.69. The molecule has 0 spiro atoms. The third kappa shape index (κ3) is 1.51. The Morgan fingerprint density at radius 3 is 3.13 bits per heavy atom. The fourth-order valence-corrected chi connectivity index (χ4v) is 1.97. The minimum absolute atomic E-state index is 0.346. The molecule has 1 fully saturated rings. The lowest BCUT2D eigenvalue weighted by atomic mass is 10.3. The molecule has 4 heteroatoms. The van der Waals surface area contributed by atoms with Crippen molar-refractivity contribution >= 4 is 5.69 Å². The molecule has 0 amide bonds. The average Bonchev–Trinajstić information content (AvgIpc) is 2.87. The van der Waals surface area contributed by atoms with E-state index in [9.17, 15) is 0 Å². The highest BCUT2D eigenvalue weighted by atomic mass is 16.7. The normalized spacial score (nSPS) is 21.9. The van der Waals surface area contributed by atoms with Crippen molar-refractivity contribution in [1.82, 2.24) is 5.32 Å². The molecule has 0 bridgehead atoms. The molecule has 3 rings (SSSR count). The maximum atomic E-state index is 5.35. The predicted octanol–water partition coefficient (Wildman–Crippen LogP) is 0.823. The molecular formula is C11H14N2O2. The largest absolute Gasteiger partial charge is 0.454 e. The first-order valence-electron chi connectivity index (χ1n) is 5.19. The number of rotatable bonds is 3. The third-order valence-electron chi connectivity index (χ3n) is 2.84. The Kier molecular flexibility index (Phi) is 1.95. The molecule has 1 unspecified atom stereocenters. The van der Waals surface area contributed by atoms with Crippen LogP contribution in [0.25, 0.3) is 0 Å². The molecule has 2 heterocycles. The molecular weight excluding hydrogens is 192 g/mol. The molecule has 0 aliphatic carbocycles. The summed E-state index contributed by atoms with van der Waals surface area (Å²) in [5.41, 5.74) is 1.22. The van der Waals surface area contributed by atoms with Crippen LogP contribution in [0.15, 0.2) is 18.2 Å². The Morgan fingerprint density at radius 2 is 2.27 bits per heavy atom. The van der Waals surface area contributed by atoms with Crippen LogP contribution in [0.1, 0.15) is 0 Å². The fourth-order valence-electron chi connectivity index (χ4n) is 1.97. The SMILES string of the molecule is CNCC1CN1c1ccc2c(c1)OCO2. The molecule has 4 nitrogen and oxygen atoms in total. The van der Waals surface area contributed by atoms with Crippen molar-refractivity contribution < 1.29 is 9.47 Å². The van der Waals surface area contributed by atoms with E-state index in [0.29, 0.717) is 12.8 Å². The van der Waals surface area contributed by atoms with Crippen LogP contribution in [0.4, 0.5) is 5.69 Å². The Balaban J connectivity index is 1.77. The second-order valence-electron chi connectivity index (χ2n) is 3.90. The van der Waals surface area contributed by atoms with E-state index in [4.69, 9.17) is 9.47 Å². The second kappa shape index (κ2) is 3.31. The number of benzene rings is 1. The molecule has 1 saturated heterocycles. The van der Waals surface area contributed by atoms with Gasteiger partial charge in [-0.3, -0.25) is 0 Å². The van der Waals surface area contributed by atoms with Crippen LogP contribution >= 0.6 is 0 Å². The maximum Gasteiger partial charge on any atom is 0.231 e. The Labute approximate surface area is 88.8 Å². The Hall–Kier alpha value is -1.42. The van der Waals surface area contributed by atoms with Gasteiger partial charge in [0.2, 0.25) is 6.79 Å². The van der Waals surface area contributed by atoms with Gasteiger partial charge in [0.1, 0.15) is 0 Å². The summed E-state index contributed by atoms with van der Waals surface area (Å²) >= 11 is 0. The van der Waals surface area contributed by atoms with Crippen molar-refractivity contribution in [1.29, 1.82) is 0 Å². The molecule has 15 heavy (non-hydrogen) atoms. The first-order chi connectivity index (χ1) is 7.38. The quantitative estimate of drug-likeness (QED) is 0.742. The zero-order chi connectivity index (χ0) is 10.3. The molecule has 2 aliphatic rings. The summed E-state index contributed by atoms with van der Waals surface area (Å²) in [5, 5.41) is 3.18. The highest BCUT2D eigenvalue weighted by Crippen LogP contribution is 2.38. The molecule has 80 valence electrons. The van der Waals surface area contributed by atoms with Crippen molar-refractivity contribution in [2.75, 3.05) is 31.8 Å². The molecule has 1 atom stereocenters. The summed E-state index contributed by atoms with van der Waals surface area (Å²) in [6.45, 7) is 2.51. The summed E-state index contributed by atoms with van der Waals surface area (Å²) in [7, 11) is 1.98. The predicted molar refractivity (Wildman–Crippen MR) is 57.6 cm³/mol. The van der Waals surface area contributed by atoms with Crippen LogP contribution in [-0.2, 0) is 0 Å². The smallest absolute Gasteiger partial charge is 0.231 e. The van der Waals surface area contributed by atoms with Gasteiger partial charge in [0.15, 0.2) is 11.5 Å². The lowest BCUT2D eigenvalue weighted by Crippen LogP contribution is -2.17. The van der Waals surface area contributed by atoms with Crippen molar-refractivity contribution in [3.63, 3.8) is 0 Å². The van der Waals surface area contributed by atoms with E-state index in [1.54, 1.807) is 0 Å². The minimum atomic E-state index is 0.346. The topological polar surface area (TPSA) is 33.5 Å². The summed E-state index contributed by atoms with van der Waals surface area (Å²) in [6, 6.07) is 6.75. The number of fused-ring (bicyclic) bond motifs is 1. The van der Waals surface area contributed by atoms with Gasteiger partial charge in [-0.05, 0) is 19.2 Å². The maximum absolute atomic E-state index is 5.35. The van der Waals surface area contributed by atoms with Gasteiger partial charge in [-0.25, -0.2) is 0 Å². The lowest BCUT2D eigenvalue weighted by Gasteiger charge is -2.06. The van der Waals surface area contributed by atoms with Crippen LogP contribution in [0.5, 0.6) is 11.5 Å². The third-order valence-corrected chi connectivity index (χ3v) is 2.84. The summed E-state index contributed by atoms with van der Waals surface area (Å²) in [4.78, 5) is 2.35. The molecule has 2 aliphatic heterocycles. The molecule has 0 aromatic heterocycles. The first-order valence-corrected chi connectivity index (χ1v) is 5.19. The molecule has 0 radical (unpaired) electrons. The van der Waals surface area contributed by atoms with Crippen molar-refractivity contribution in [2.24, 2.45) is 0 Å². The monoisotopic (exact) mass is 206 g/mol. The standard InChI is InChI=1S/C11H14N2O2/c1-12-5-9-6-13(9)8-2-3-10-11(4-8)15-7-14-10/h2-4,9,12H,5-7H2,1H3. The van der Waals surface area contributed by atoms with Gasteiger partial charge in [-0.15, -0.1) is 0 Å². The van der Waals surface area contributed by atoms with E-state index in [1.165, 1.54) is 5.69 Å². The summed E-state index contributed by atoms with van der Waals surface area (Å²) in [5.74, 6) is 1.72. The molecule has 0 saturated carbocycles. The number of ether oxygens (including phenoxy) is 2. The van der Waals surface area contributed by atoms with Gasteiger partial charge in [-0.2, -0.15) is 0 Å². The van der Waals surface area contributed by atoms with Gasteiger partial charge < -0.3 is 19.7 Å². The van der Waals surface area contributed by atoms with Crippen molar-refractivity contribution in [3.8, 4) is 11.5 Å². The van der Waals surface area contributed by atoms with Gasteiger partial charge in [0, 0.05) is 24.8 Å². The van der Waals surface area contributed by atoms with Gasteiger partial charge in [0.05, 0.1) is 6.04 Å². The number of anilines is 1. The Bertz CT molecular complexity index is 381. The van der Waals surface area contributed by atoms with Gasteiger partial charge in [0.25, 0.3) is 0 Å². The number of hydrogen-bond acceptors (Lipinski definition) is 4. The molecule has 1 N–H and O–H groups in total. The van der Waals surface area contributed by atoms with Crippen LogP contribution < -0.4 is 19.7 Å². The summed E-state index contributed by atoms with van der Waals surface area (Å²) < 4.78 is 10.6. The van der Waals surface area contributed by atoms with E-state index >= 15 is 0 Å². The minimum Gasteiger partial charge on any atom is -0.454 e. The Morgan fingerprint density at radius 1 is 1.40 bits per heavy atom. The van der Waals surface area contributed by atoms with E-state index in [0.717, 1.165) is 24.6 Å². The highest BCUT2D eigenvalue weighted by molar-refractivity contribution is 5.61. The number of nitrogens with zero attached hydrogens (tertiary/aromatic N) is 1. The second-order valence-corrected chi connectivity index (χ2v) is 3.90. The van der Waals surface area contributed by atoms with E-state index in [2.05, 4.69) is 22.3 Å². The fraction of sp³-hybridized carbons (Fsp3) is 0.455. The van der Waals surface area contributed by atoms with E-state index in [-0.39, 0.29) is 0 Å². The number of likely N-dealkylation sites (N-methyl/N-ethyl adjacent to an activating group) is 1. The number of nitrogens with one attached hydrogen (secondary N) is 1. The zero-order valence-electron chi connectivity index (χ0n) is 8.69. The van der Waals surface area contributed by atoms with E-state index in [1.807, 2.05) is 13.1 Å². The molecule has 1 aromatic rings. The van der Waals surface area contributed by atoms with Crippen molar-refractivity contribution in [3.05, 3.63) is 18.2 Å². The van der Waals surface area contributed by atoms with Crippen LogP contribution in [0.3, 0.4) is 0 Å². The van der Waals surface area contributed by atoms with Gasteiger partial charge in [-0.1, -0.05) is 0 Å². The summed E-state index contributed by atoms with van der Waals surface area (Å²) in [6.07, 6.45) is 0.